The third kappa shape index (κ3) is 2.17. The smallest absolute Gasteiger partial charge is 0.162 e. The molecule has 4 nitrogen and oxygen atoms in total. The Morgan fingerprint density at radius 1 is 1.61 bits per heavy atom. The number of hydrogen-bond donors (Lipinski definition) is 0. The Labute approximate surface area is 108 Å². The number of nitrogens with zero attached hydrogens (tertiary/aromatic N) is 3. The molecule has 1 aliphatic rings. The normalized spacial score (nSPS) is 25.9. The monoisotopic (exact) mass is 245 g/mol. The van der Waals surface area contributed by atoms with Crippen LogP contribution < -0.4 is 0 Å². The summed E-state index contributed by atoms with van der Waals surface area (Å²) in [6.45, 7) is 6.85. The fourth-order valence-corrected chi connectivity index (χ4v) is 2.86. The van der Waals surface area contributed by atoms with Crippen molar-refractivity contribution in [3.8, 4) is 6.07 Å². The van der Waals surface area contributed by atoms with Crippen molar-refractivity contribution in [2.24, 2.45) is 17.3 Å². The van der Waals surface area contributed by atoms with Crippen LogP contribution in [0.4, 0.5) is 0 Å². The molecule has 1 aliphatic carbocycles. The quantitative estimate of drug-likeness (QED) is 0.821. The van der Waals surface area contributed by atoms with E-state index in [1.165, 1.54) is 0 Å². The van der Waals surface area contributed by atoms with Crippen LogP contribution in [0.2, 0.25) is 0 Å². The van der Waals surface area contributed by atoms with Crippen molar-refractivity contribution in [3.63, 3.8) is 0 Å². The summed E-state index contributed by atoms with van der Waals surface area (Å²) in [7, 11) is 0. The van der Waals surface area contributed by atoms with Crippen LogP contribution in [0.15, 0.2) is 12.3 Å². The van der Waals surface area contributed by atoms with Crippen molar-refractivity contribution >= 4 is 5.78 Å². The van der Waals surface area contributed by atoms with E-state index in [-0.39, 0.29) is 23.7 Å². The predicted octanol–water partition coefficient (Wildman–Crippen LogP) is 2.40. The van der Waals surface area contributed by atoms with Gasteiger partial charge in [0, 0.05) is 12.1 Å². The molecule has 0 amide bonds. The van der Waals surface area contributed by atoms with Gasteiger partial charge in [0.05, 0.1) is 6.54 Å². The zero-order chi connectivity index (χ0) is 13.3. The summed E-state index contributed by atoms with van der Waals surface area (Å²) in [4.78, 5) is 12.3. The van der Waals surface area contributed by atoms with Gasteiger partial charge in [-0.1, -0.05) is 20.8 Å². The summed E-state index contributed by atoms with van der Waals surface area (Å²) >= 11 is 0. The van der Waals surface area contributed by atoms with Crippen LogP contribution in [0, 0.1) is 28.6 Å². The first-order valence-corrected chi connectivity index (χ1v) is 6.41. The summed E-state index contributed by atoms with van der Waals surface area (Å²) < 4.78 is 1.57. The van der Waals surface area contributed by atoms with Crippen LogP contribution in [0.1, 0.15) is 39.3 Å². The average molecular weight is 245 g/mol. The van der Waals surface area contributed by atoms with E-state index in [4.69, 9.17) is 5.26 Å². The number of Topliss-reactive ketones (excluding diaryl/α,β-unsaturated/α-hetero) is 1. The van der Waals surface area contributed by atoms with E-state index < -0.39 is 0 Å². The van der Waals surface area contributed by atoms with Gasteiger partial charge >= 0.3 is 0 Å². The maximum atomic E-state index is 12.3. The molecule has 0 saturated heterocycles. The molecule has 0 radical (unpaired) electrons. The molecule has 0 aromatic carbocycles. The lowest BCUT2D eigenvalue weighted by Gasteiger charge is -2.30. The Hall–Kier alpha value is -1.63. The standard InChI is InChI=1S/C14H19N3O/c1-10-4-5-12(14(10,2)3)13(18)9-17-7-6-11(8-15)16-17/h6-7,10,12H,4-5,9H2,1-3H3. The van der Waals surface area contributed by atoms with Crippen molar-refractivity contribution in [1.82, 2.24) is 9.78 Å². The first-order chi connectivity index (χ1) is 8.45. The lowest BCUT2D eigenvalue weighted by atomic mass is 9.74. The van der Waals surface area contributed by atoms with Gasteiger partial charge in [-0.3, -0.25) is 9.48 Å². The second kappa shape index (κ2) is 4.56. The Kier molecular flexibility index (Phi) is 3.25. The van der Waals surface area contributed by atoms with Crippen molar-refractivity contribution in [3.05, 3.63) is 18.0 Å². The molecule has 0 aliphatic heterocycles. The van der Waals surface area contributed by atoms with E-state index in [2.05, 4.69) is 25.9 Å². The van der Waals surface area contributed by atoms with Crippen LogP contribution >= 0.6 is 0 Å². The summed E-state index contributed by atoms with van der Waals surface area (Å²) in [6.07, 6.45) is 3.78. The molecule has 1 saturated carbocycles. The molecule has 4 heteroatoms. The molecule has 0 N–H and O–H groups in total. The van der Waals surface area contributed by atoms with Gasteiger partial charge < -0.3 is 0 Å². The Morgan fingerprint density at radius 2 is 2.33 bits per heavy atom. The number of carbonyl (C=O) groups excluding carboxylic acids is 1. The fourth-order valence-electron chi connectivity index (χ4n) is 2.86. The molecular weight excluding hydrogens is 226 g/mol. The second-order valence-electron chi connectivity index (χ2n) is 5.83. The molecule has 1 fully saturated rings. The van der Waals surface area contributed by atoms with Gasteiger partial charge in [-0.05, 0) is 30.2 Å². The third-order valence-corrected chi connectivity index (χ3v) is 4.52. The lowest BCUT2D eigenvalue weighted by molar-refractivity contribution is -0.126. The number of carbonyl (C=O) groups is 1. The fraction of sp³-hybridized carbons (Fsp3) is 0.643. The van der Waals surface area contributed by atoms with E-state index in [1.54, 1.807) is 16.9 Å². The Bertz CT molecular complexity index is 495. The van der Waals surface area contributed by atoms with Gasteiger partial charge in [0.2, 0.25) is 0 Å². The van der Waals surface area contributed by atoms with Crippen molar-refractivity contribution in [2.45, 2.75) is 40.2 Å². The highest BCUT2D eigenvalue weighted by atomic mass is 16.1. The SMILES string of the molecule is CC1CCC(C(=O)Cn2ccc(C#N)n2)C1(C)C. The first-order valence-electron chi connectivity index (χ1n) is 6.41. The molecule has 1 heterocycles. The minimum absolute atomic E-state index is 0.0717. The second-order valence-corrected chi connectivity index (χ2v) is 5.83. The van der Waals surface area contributed by atoms with E-state index in [1.807, 2.05) is 6.07 Å². The molecular formula is C14H19N3O. The number of rotatable bonds is 3. The number of aromatic nitrogens is 2. The molecule has 18 heavy (non-hydrogen) atoms. The summed E-state index contributed by atoms with van der Waals surface area (Å²) in [6, 6.07) is 3.60. The molecule has 2 atom stereocenters. The summed E-state index contributed by atoms with van der Waals surface area (Å²) in [5.74, 6) is 0.929. The van der Waals surface area contributed by atoms with Gasteiger partial charge in [0.25, 0.3) is 0 Å². The number of nitriles is 1. The van der Waals surface area contributed by atoms with Crippen LogP contribution in [0.5, 0.6) is 0 Å². The molecule has 0 bridgehead atoms. The van der Waals surface area contributed by atoms with Gasteiger partial charge in [-0.25, -0.2) is 0 Å². The molecule has 1 aromatic rings. The van der Waals surface area contributed by atoms with Gasteiger partial charge in [-0.15, -0.1) is 0 Å². The summed E-state index contributed by atoms with van der Waals surface area (Å²) in [5, 5.41) is 12.7. The number of ketones is 1. The zero-order valence-corrected chi connectivity index (χ0v) is 11.2. The van der Waals surface area contributed by atoms with Crippen molar-refractivity contribution < 1.29 is 4.79 Å². The van der Waals surface area contributed by atoms with E-state index in [0.717, 1.165) is 12.8 Å². The van der Waals surface area contributed by atoms with Crippen LogP contribution in [0.25, 0.3) is 0 Å². The minimum atomic E-state index is 0.0717. The van der Waals surface area contributed by atoms with Gasteiger partial charge in [0.15, 0.2) is 11.5 Å². The van der Waals surface area contributed by atoms with Crippen molar-refractivity contribution in [2.75, 3.05) is 0 Å². The predicted molar refractivity (Wildman–Crippen MR) is 67.6 cm³/mol. The van der Waals surface area contributed by atoms with Crippen LogP contribution in [0.3, 0.4) is 0 Å². The maximum Gasteiger partial charge on any atom is 0.162 e. The van der Waals surface area contributed by atoms with E-state index in [9.17, 15) is 4.79 Å². The maximum absolute atomic E-state index is 12.3. The zero-order valence-electron chi connectivity index (χ0n) is 11.2. The highest BCUT2D eigenvalue weighted by molar-refractivity contribution is 5.81. The van der Waals surface area contributed by atoms with Gasteiger partial charge in [-0.2, -0.15) is 10.4 Å². The Morgan fingerprint density at radius 3 is 2.83 bits per heavy atom. The van der Waals surface area contributed by atoms with Crippen LogP contribution in [-0.2, 0) is 11.3 Å². The topological polar surface area (TPSA) is 58.7 Å². The molecule has 2 rings (SSSR count). The first kappa shape index (κ1) is 12.8. The summed E-state index contributed by atoms with van der Waals surface area (Å²) in [5.41, 5.74) is 0.435. The molecule has 1 aromatic heterocycles. The van der Waals surface area contributed by atoms with E-state index >= 15 is 0 Å². The highest BCUT2D eigenvalue weighted by Crippen LogP contribution is 2.47. The third-order valence-electron chi connectivity index (χ3n) is 4.52. The molecule has 2 unspecified atom stereocenters. The lowest BCUT2D eigenvalue weighted by Crippen LogP contribution is -2.31. The van der Waals surface area contributed by atoms with Crippen molar-refractivity contribution in [1.29, 1.82) is 5.26 Å². The molecule has 0 spiro atoms. The Balaban J connectivity index is 2.07. The number of hydrogen-bond acceptors (Lipinski definition) is 3. The average Bonchev–Trinajstić information content (AvgIpc) is 2.85. The van der Waals surface area contributed by atoms with E-state index in [0.29, 0.717) is 11.6 Å². The van der Waals surface area contributed by atoms with Gasteiger partial charge in [0.1, 0.15) is 6.07 Å². The van der Waals surface area contributed by atoms with Crippen LogP contribution in [-0.4, -0.2) is 15.6 Å². The highest BCUT2D eigenvalue weighted by Gasteiger charge is 2.43. The molecule has 96 valence electrons. The largest absolute Gasteiger partial charge is 0.297 e. The minimum Gasteiger partial charge on any atom is -0.297 e.